The molecule has 0 atom stereocenters. The fraction of sp³-hybridized carbons (Fsp3) is 0.176. The maximum absolute atomic E-state index is 11.9. The highest BCUT2D eigenvalue weighted by Crippen LogP contribution is 2.09. The first-order chi connectivity index (χ1) is 10.6. The fourth-order valence-electron chi connectivity index (χ4n) is 1.92. The molecule has 2 rings (SSSR count). The SMILES string of the molecule is CN(Cc1ccc(C(=O)O)cc1)C(=O)OCc1ccccc1. The molecule has 5 nitrogen and oxygen atoms in total. The van der Waals surface area contributed by atoms with Gasteiger partial charge in [-0.2, -0.15) is 0 Å². The molecule has 0 bridgehead atoms. The first kappa shape index (κ1) is 15.6. The Morgan fingerprint density at radius 1 is 1.00 bits per heavy atom. The summed E-state index contributed by atoms with van der Waals surface area (Å²) < 4.78 is 5.22. The second-order valence-corrected chi connectivity index (χ2v) is 4.90. The first-order valence-corrected chi connectivity index (χ1v) is 6.80. The highest BCUT2D eigenvalue weighted by molar-refractivity contribution is 5.87. The van der Waals surface area contributed by atoms with Gasteiger partial charge < -0.3 is 14.7 Å². The number of hydrogen-bond donors (Lipinski definition) is 1. The summed E-state index contributed by atoms with van der Waals surface area (Å²) in [5, 5.41) is 8.84. The summed E-state index contributed by atoms with van der Waals surface area (Å²) in [7, 11) is 1.64. The van der Waals surface area contributed by atoms with Crippen molar-refractivity contribution in [1.82, 2.24) is 4.90 Å². The monoisotopic (exact) mass is 299 g/mol. The van der Waals surface area contributed by atoms with Crippen molar-refractivity contribution in [2.24, 2.45) is 0 Å². The average molecular weight is 299 g/mol. The molecule has 0 aromatic heterocycles. The zero-order valence-electron chi connectivity index (χ0n) is 12.2. The van der Waals surface area contributed by atoms with Crippen molar-refractivity contribution in [2.45, 2.75) is 13.2 Å². The maximum Gasteiger partial charge on any atom is 0.410 e. The molecule has 0 aliphatic rings. The van der Waals surface area contributed by atoms with Crippen LogP contribution in [0, 0.1) is 0 Å². The van der Waals surface area contributed by atoms with E-state index < -0.39 is 12.1 Å². The Kier molecular flexibility index (Phi) is 5.14. The van der Waals surface area contributed by atoms with Crippen molar-refractivity contribution in [1.29, 1.82) is 0 Å². The number of aromatic carboxylic acids is 1. The second kappa shape index (κ2) is 7.26. The topological polar surface area (TPSA) is 66.8 Å². The van der Waals surface area contributed by atoms with Gasteiger partial charge in [-0.3, -0.25) is 0 Å². The molecular formula is C17H17NO4. The van der Waals surface area contributed by atoms with Crippen LogP contribution >= 0.6 is 0 Å². The van der Waals surface area contributed by atoms with Crippen LogP contribution in [0.3, 0.4) is 0 Å². The van der Waals surface area contributed by atoms with Crippen LogP contribution in [0.25, 0.3) is 0 Å². The van der Waals surface area contributed by atoms with E-state index >= 15 is 0 Å². The number of carbonyl (C=O) groups is 2. The van der Waals surface area contributed by atoms with Gasteiger partial charge in [0.2, 0.25) is 0 Å². The molecule has 1 N–H and O–H groups in total. The van der Waals surface area contributed by atoms with Crippen molar-refractivity contribution in [3.8, 4) is 0 Å². The molecule has 22 heavy (non-hydrogen) atoms. The Morgan fingerprint density at radius 2 is 1.64 bits per heavy atom. The number of carboxylic acid groups (broad SMARTS) is 1. The standard InChI is InChI=1S/C17H17NO4/c1-18(11-13-7-9-15(10-8-13)16(19)20)17(21)22-12-14-5-3-2-4-6-14/h2-10H,11-12H2,1H3,(H,19,20). The lowest BCUT2D eigenvalue weighted by atomic mass is 10.1. The lowest BCUT2D eigenvalue weighted by molar-refractivity contribution is 0.0696. The minimum absolute atomic E-state index is 0.220. The van der Waals surface area contributed by atoms with Crippen molar-refractivity contribution in [3.05, 3.63) is 71.3 Å². The van der Waals surface area contributed by atoms with Crippen LogP contribution in [0.4, 0.5) is 4.79 Å². The number of hydrogen-bond acceptors (Lipinski definition) is 3. The smallest absolute Gasteiger partial charge is 0.410 e. The van der Waals surface area contributed by atoms with Gasteiger partial charge in [0.15, 0.2) is 0 Å². The molecule has 0 unspecified atom stereocenters. The predicted molar refractivity (Wildman–Crippen MR) is 81.5 cm³/mol. The van der Waals surface area contributed by atoms with Crippen LogP contribution in [0.1, 0.15) is 21.5 Å². The van der Waals surface area contributed by atoms with Crippen LogP contribution in [0.15, 0.2) is 54.6 Å². The molecule has 0 saturated carbocycles. The molecule has 5 heteroatoms. The van der Waals surface area contributed by atoms with Crippen molar-refractivity contribution in [3.63, 3.8) is 0 Å². The van der Waals surface area contributed by atoms with Crippen molar-refractivity contribution in [2.75, 3.05) is 7.05 Å². The molecular weight excluding hydrogens is 282 g/mol. The van der Waals surface area contributed by atoms with Gasteiger partial charge in [0, 0.05) is 13.6 Å². The number of nitrogens with zero attached hydrogens (tertiary/aromatic N) is 1. The van der Waals surface area contributed by atoms with E-state index in [0.717, 1.165) is 11.1 Å². The zero-order valence-corrected chi connectivity index (χ0v) is 12.2. The van der Waals surface area contributed by atoms with Gasteiger partial charge in [-0.15, -0.1) is 0 Å². The second-order valence-electron chi connectivity index (χ2n) is 4.90. The zero-order chi connectivity index (χ0) is 15.9. The molecule has 0 fully saturated rings. The fourth-order valence-corrected chi connectivity index (χ4v) is 1.92. The van der Waals surface area contributed by atoms with Gasteiger partial charge >= 0.3 is 12.1 Å². The summed E-state index contributed by atoms with van der Waals surface area (Å²) in [4.78, 5) is 24.1. The van der Waals surface area contributed by atoms with E-state index in [0.29, 0.717) is 6.54 Å². The average Bonchev–Trinajstić information content (AvgIpc) is 2.54. The normalized spacial score (nSPS) is 10.0. The molecule has 0 heterocycles. The molecule has 0 aliphatic heterocycles. The molecule has 114 valence electrons. The maximum atomic E-state index is 11.9. The molecule has 0 radical (unpaired) electrons. The van der Waals surface area contributed by atoms with Crippen LogP contribution in [-0.4, -0.2) is 29.1 Å². The number of carboxylic acids is 1. The minimum atomic E-state index is -0.970. The highest BCUT2D eigenvalue weighted by Gasteiger charge is 2.11. The molecule has 0 spiro atoms. The van der Waals surface area contributed by atoms with Crippen LogP contribution in [0.2, 0.25) is 0 Å². The van der Waals surface area contributed by atoms with Crippen LogP contribution < -0.4 is 0 Å². The van der Waals surface area contributed by atoms with E-state index in [9.17, 15) is 9.59 Å². The van der Waals surface area contributed by atoms with Crippen LogP contribution in [0.5, 0.6) is 0 Å². The lowest BCUT2D eigenvalue weighted by Crippen LogP contribution is -2.26. The lowest BCUT2D eigenvalue weighted by Gasteiger charge is -2.17. The Bertz CT molecular complexity index is 637. The van der Waals surface area contributed by atoms with Crippen molar-refractivity contribution < 1.29 is 19.4 Å². The van der Waals surface area contributed by atoms with E-state index in [1.54, 1.807) is 19.2 Å². The molecule has 0 saturated heterocycles. The molecule has 2 aromatic rings. The van der Waals surface area contributed by atoms with E-state index in [2.05, 4.69) is 0 Å². The largest absolute Gasteiger partial charge is 0.478 e. The van der Waals surface area contributed by atoms with E-state index in [-0.39, 0.29) is 12.2 Å². The van der Waals surface area contributed by atoms with Gasteiger partial charge in [0.1, 0.15) is 6.61 Å². The Hall–Kier alpha value is -2.82. The predicted octanol–water partition coefficient (Wildman–Crippen LogP) is 3.15. The van der Waals surface area contributed by atoms with Gasteiger partial charge in [-0.25, -0.2) is 9.59 Å². The third kappa shape index (κ3) is 4.34. The van der Waals surface area contributed by atoms with Crippen molar-refractivity contribution >= 4 is 12.1 Å². The minimum Gasteiger partial charge on any atom is -0.478 e. The summed E-state index contributed by atoms with van der Waals surface area (Å²) in [6, 6.07) is 15.8. The van der Waals surface area contributed by atoms with Crippen LogP contribution in [-0.2, 0) is 17.9 Å². The molecule has 0 aliphatic carbocycles. The van der Waals surface area contributed by atoms with Gasteiger partial charge in [0.25, 0.3) is 0 Å². The Labute approximate surface area is 128 Å². The third-order valence-corrected chi connectivity index (χ3v) is 3.14. The molecule has 2 aromatic carbocycles. The summed E-state index contributed by atoms with van der Waals surface area (Å²) in [6.07, 6.45) is -0.425. The number of benzene rings is 2. The quantitative estimate of drug-likeness (QED) is 0.921. The van der Waals surface area contributed by atoms with Gasteiger partial charge in [0.05, 0.1) is 5.56 Å². The summed E-state index contributed by atoms with van der Waals surface area (Å²) >= 11 is 0. The number of rotatable bonds is 5. The van der Waals surface area contributed by atoms with E-state index in [1.807, 2.05) is 30.3 Å². The van der Waals surface area contributed by atoms with Gasteiger partial charge in [-0.1, -0.05) is 42.5 Å². The molecule has 1 amide bonds. The number of ether oxygens (including phenoxy) is 1. The number of carbonyl (C=O) groups excluding carboxylic acids is 1. The Balaban J connectivity index is 1.86. The third-order valence-electron chi connectivity index (χ3n) is 3.14. The summed E-state index contributed by atoms with van der Waals surface area (Å²) in [6.45, 7) is 0.579. The number of amides is 1. The first-order valence-electron chi connectivity index (χ1n) is 6.80. The summed E-state index contributed by atoms with van der Waals surface area (Å²) in [5.74, 6) is -0.970. The Morgan fingerprint density at radius 3 is 2.23 bits per heavy atom. The van der Waals surface area contributed by atoms with E-state index in [1.165, 1.54) is 17.0 Å². The highest BCUT2D eigenvalue weighted by atomic mass is 16.6. The summed E-state index contributed by atoms with van der Waals surface area (Å²) in [5.41, 5.74) is 1.98. The van der Waals surface area contributed by atoms with Gasteiger partial charge in [-0.05, 0) is 23.3 Å². The van der Waals surface area contributed by atoms with E-state index in [4.69, 9.17) is 9.84 Å².